The largest absolute Gasteiger partial charge is 2.00 e. The third kappa shape index (κ3) is 15.1. The van der Waals surface area contributed by atoms with E-state index in [0.29, 0.717) is 0 Å². The Labute approximate surface area is 353 Å². The van der Waals surface area contributed by atoms with Crippen LogP contribution in [0, 0.1) is 40.5 Å². The van der Waals surface area contributed by atoms with E-state index in [1.165, 1.54) is 54.1 Å². The summed E-state index contributed by atoms with van der Waals surface area (Å²) in [6.07, 6.45) is 13.7. The zero-order valence-corrected chi connectivity index (χ0v) is 36.5. The predicted molar refractivity (Wildman–Crippen MR) is 217 cm³/mol. The molecule has 0 heterocycles. The van der Waals surface area contributed by atoms with Crippen molar-refractivity contribution in [1.29, 1.82) is 0 Å². The van der Waals surface area contributed by atoms with Crippen molar-refractivity contribution in [3.8, 4) is 0 Å². The van der Waals surface area contributed by atoms with Gasteiger partial charge in [0.15, 0.2) is 0 Å². The first-order valence-corrected chi connectivity index (χ1v) is 19.8. The fraction of sp³-hybridized carbons (Fsp3) is 0.174. The van der Waals surface area contributed by atoms with Crippen LogP contribution in [0.1, 0.15) is 36.1 Å². The molecule has 2 aliphatic carbocycles. The van der Waals surface area contributed by atoms with Gasteiger partial charge >= 0.3 is 40.8 Å². The first-order valence-electron chi connectivity index (χ1n) is 17.1. The molecular weight excluding hydrogens is 891 g/mol. The Bertz CT molecular complexity index is 1690. The Morgan fingerprint density at radius 1 is 0.426 bits per heavy atom. The molecule has 2 radical (unpaired) electrons. The molecule has 0 N–H and O–H groups in total. The summed E-state index contributed by atoms with van der Waals surface area (Å²) < 4.78 is 0. The van der Waals surface area contributed by atoms with E-state index in [1.54, 1.807) is 0 Å². The van der Waals surface area contributed by atoms with Crippen molar-refractivity contribution in [2.24, 2.45) is 0 Å². The van der Waals surface area contributed by atoms with E-state index in [-0.39, 0.29) is 40.8 Å². The Morgan fingerprint density at radius 3 is 0.852 bits per heavy atom. The van der Waals surface area contributed by atoms with Gasteiger partial charge in [-0.25, -0.2) is 12.6 Å². The smallest absolute Gasteiger partial charge is 0.866 e. The third-order valence-electron chi connectivity index (χ3n) is 7.89. The molecule has 0 saturated heterocycles. The molecule has 0 aromatic heterocycles. The van der Waals surface area contributed by atoms with Gasteiger partial charge in [-0.3, -0.25) is 0 Å². The number of hydrogen-bond acceptors (Lipinski definition) is 4. The quantitative estimate of drug-likeness (QED) is 0.135. The van der Waals surface area contributed by atoms with Gasteiger partial charge in [0.25, 0.3) is 0 Å². The number of benzene rings is 4. The van der Waals surface area contributed by atoms with Crippen molar-refractivity contribution < 1.29 is 61.3 Å². The topological polar surface area (TPSA) is 92.2 Å². The summed E-state index contributed by atoms with van der Waals surface area (Å²) in [5.41, 5.74) is 7.64. The van der Waals surface area contributed by atoms with Gasteiger partial charge in [0.2, 0.25) is 0 Å². The average Bonchev–Trinajstić information content (AvgIpc) is 3.10. The van der Waals surface area contributed by atoms with Gasteiger partial charge in [0, 0.05) is 12.8 Å². The second-order valence-corrected chi connectivity index (χ2v) is 16.4. The molecule has 286 valence electrons. The molecule has 4 aromatic carbocycles. The minimum absolute atomic E-state index is 0. The zero-order chi connectivity index (χ0) is 38.2. The summed E-state index contributed by atoms with van der Waals surface area (Å²) in [5, 5.41) is 44.3. The van der Waals surface area contributed by atoms with Gasteiger partial charge in [-0.2, -0.15) is 0 Å². The van der Waals surface area contributed by atoms with Crippen molar-refractivity contribution in [2.75, 3.05) is 0 Å². The van der Waals surface area contributed by atoms with Gasteiger partial charge in [0.1, 0.15) is 0 Å². The summed E-state index contributed by atoms with van der Waals surface area (Å²) in [6, 6.07) is 34.9. The molecule has 0 unspecified atom stereocenters. The molecule has 4 aromatic rings. The van der Waals surface area contributed by atoms with E-state index in [4.69, 9.17) is 20.4 Å². The maximum absolute atomic E-state index is 8.97. The summed E-state index contributed by atoms with van der Waals surface area (Å²) in [6.45, 7) is 19.5. The zero-order valence-electron chi connectivity index (χ0n) is 31.6. The van der Waals surface area contributed by atoms with Crippen LogP contribution in [0.4, 0.5) is 0 Å². The van der Waals surface area contributed by atoms with Crippen LogP contribution in [0.25, 0.3) is 0 Å². The molecule has 0 spiro atoms. The Balaban J connectivity index is 0.000000437. The number of rotatable bonds is 6. The van der Waals surface area contributed by atoms with Gasteiger partial charge in [-0.1, -0.05) is 161 Å². The normalized spacial score (nSPS) is 13.0. The van der Waals surface area contributed by atoms with Crippen molar-refractivity contribution in [1.82, 2.24) is 0 Å². The second-order valence-electron chi connectivity index (χ2n) is 12.2. The van der Waals surface area contributed by atoms with Gasteiger partial charge in [-0.05, 0) is 109 Å². The van der Waals surface area contributed by atoms with Crippen molar-refractivity contribution >= 4 is 37.1 Å². The van der Waals surface area contributed by atoms with E-state index < -0.39 is 28.4 Å². The predicted octanol–water partition coefficient (Wildman–Crippen LogP) is 6.00. The van der Waals surface area contributed by atoms with Crippen LogP contribution in [-0.4, -0.2) is 12.6 Å². The molecule has 0 atom stereocenters. The second kappa shape index (κ2) is 25.5. The molecule has 2 aliphatic rings. The van der Waals surface area contributed by atoms with Crippen LogP contribution < -0.4 is 41.6 Å². The Hall–Kier alpha value is -2.66. The molecule has 0 saturated carbocycles. The summed E-state index contributed by atoms with van der Waals surface area (Å²) >= 11 is 0. The molecule has 0 aliphatic heterocycles. The van der Waals surface area contributed by atoms with E-state index in [1.807, 2.05) is 0 Å². The summed E-state index contributed by atoms with van der Waals surface area (Å²) in [7, 11) is -1.14. The molecule has 6 rings (SSSR count). The standard InChI is InChI=1S/2C21H20P.2C2H4O2.2Pd/c2*1-16-10-4-7-13-19(16)22(20-14-8-5-11-17(20)2)21-15-9-6-12-18(21)3;2*1-2(3)4;;/h2*4-15H,1H2,2-3H3;2*2H,1H3;;/q;;2*-2;2*+2. The minimum Gasteiger partial charge on any atom is -0.866 e. The molecular formula is C46H48O4P2Pd2. The SMILES string of the molecule is C=C1[CH]C=CC=C1P(c1ccccc1C)c1ccccc1C.C=C1[CH]C=CC=C1P(c1ccccc1C)c1ccccc1C.CC([O-])[O-].CC([O-])[O-].[Pd+2].[Pd+2]. The average molecular weight is 940 g/mol. The van der Waals surface area contributed by atoms with Crippen molar-refractivity contribution in [3.05, 3.63) is 204 Å². The van der Waals surface area contributed by atoms with E-state index in [0.717, 1.165) is 25.0 Å². The maximum Gasteiger partial charge on any atom is 2.00 e. The van der Waals surface area contributed by atoms with E-state index in [9.17, 15) is 0 Å². The van der Waals surface area contributed by atoms with Crippen LogP contribution in [0.2, 0.25) is 0 Å². The van der Waals surface area contributed by atoms with Gasteiger partial charge in [-0.15, -0.1) is 0 Å². The summed E-state index contributed by atoms with van der Waals surface area (Å²) in [5.74, 6) is 0. The molecule has 0 bridgehead atoms. The van der Waals surface area contributed by atoms with Crippen LogP contribution >= 0.6 is 15.8 Å². The van der Waals surface area contributed by atoms with Crippen LogP contribution in [0.5, 0.6) is 0 Å². The molecule has 0 fully saturated rings. The number of allylic oxidation sites excluding steroid dienone is 10. The van der Waals surface area contributed by atoms with Crippen molar-refractivity contribution in [2.45, 2.75) is 54.1 Å². The van der Waals surface area contributed by atoms with Crippen LogP contribution in [0.3, 0.4) is 0 Å². The van der Waals surface area contributed by atoms with E-state index >= 15 is 0 Å². The first kappa shape index (κ1) is 49.4. The van der Waals surface area contributed by atoms with Crippen LogP contribution in [0.15, 0.2) is 168 Å². The molecule has 8 heteroatoms. The number of hydrogen-bond donors (Lipinski definition) is 0. The summed E-state index contributed by atoms with van der Waals surface area (Å²) in [4.78, 5) is 0. The van der Waals surface area contributed by atoms with Gasteiger partial charge < -0.3 is 20.4 Å². The number of aryl methyl sites for hydroxylation is 4. The van der Waals surface area contributed by atoms with E-state index in [2.05, 4.69) is 187 Å². The van der Waals surface area contributed by atoms with Gasteiger partial charge in [0.05, 0.1) is 0 Å². The molecule has 4 nitrogen and oxygen atoms in total. The molecule has 0 amide bonds. The van der Waals surface area contributed by atoms with Crippen LogP contribution in [-0.2, 0) is 40.8 Å². The monoisotopic (exact) mass is 938 g/mol. The molecule has 54 heavy (non-hydrogen) atoms. The Kier molecular flexibility index (Phi) is 23.3. The maximum atomic E-state index is 8.97. The van der Waals surface area contributed by atoms with Crippen molar-refractivity contribution in [3.63, 3.8) is 0 Å². The first-order chi connectivity index (χ1) is 24.8. The third-order valence-corrected chi connectivity index (χ3v) is 13.7. The minimum atomic E-state index is -1.67. The fourth-order valence-electron chi connectivity index (χ4n) is 5.49. The Morgan fingerprint density at radius 2 is 0.648 bits per heavy atom. The fourth-order valence-corrected chi connectivity index (χ4v) is 10.9.